The standard InChI is InChI=1S/C14H13ClN2O2S2/c15-10-2-1-3-11(6-10)21(18,19)13-7-12-14(20-13)9(4-5-16)8-17-12/h1-3,6-8,17H,4-5,16H2. The zero-order chi connectivity index (χ0) is 15.0. The molecule has 3 aromatic rings. The highest BCUT2D eigenvalue weighted by Crippen LogP contribution is 2.35. The normalized spacial score (nSPS) is 12.1. The predicted molar refractivity (Wildman–Crippen MR) is 85.8 cm³/mol. The Morgan fingerprint density at radius 1 is 1.29 bits per heavy atom. The van der Waals surface area contributed by atoms with Gasteiger partial charge in [0.05, 0.1) is 15.1 Å². The molecule has 0 unspecified atom stereocenters. The number of halogens is 1. The van der Waals surface area contributed by atoms with E-state index in [0.29, 0.717) is 15.8 Å². The number of sulfone groups is 1. The van der Waals surface area contributed by atoms with Gasteiger partial charge in [-0.05, 0) is 42.8 Å². The Hall–Kier alpha value is -1.34. The van der Waals surface area contributed by atoms with Gasteiger partial charge in [-0.2, -0.15) is 0 Å². The molecule has 3 N–H and O–H groups in total. The van der Waals surface area contributed by atoms with Gasteiger partial charge < -0.3 is 10.7 Å². The number of nitrogens with two attached hydrogens (primary N) is 1. The number of rotatable bonds is 4. The summed E-state index contributed by atoms with van der Waals surface area (Å²) in [6, 6.07) is 7.96. The molecule has 0 bridgehead atoms. The van der Waals surface area contributed by atoms with Crippen LogP contribution in [0.15, 0.2) is 45.6 Å². The van der Waals surface area contributed by atoms with Crippen molar-refractivity contribution in [2.24, 2.45) is 5.73 Å². The molecule has 4 nitrogen and oxygen atoms in total. The summed E-state index contributed by atoms with van der Waals surface area (Å²) in [5.74, 6) is 0. The molecule has 0 amide bonds. The van der Waals surface area contributed by atoms with Gasteiger partial charge in [0, 0.05) is 11.2 Å². The molecular formula is C14H13ClN2O2S2. The number of hydrogen-bond acceptors (Lipinski definition) is 4. The van der Waals surface area contributed by atoms with Crippen LogP contribution in [0, 0.1) is 0 Å². The van der Waals surface area contributed by atoms with Crippen LogP contribution >= 0.6 is 22.9 Å². The summed E-state index contributed by atoms with van der Waals surface area (Å²) in [7, 11) is -3.54. The summed E-state index contributed by atoms with van der Waals surface area (Å²) >= 11 is 7.14. The number of benzene rings is 1. The van der Waals surface area contributed by atoms with Crippen LogP contribution in [0.25, 0.3) is 10.2 Å². The molecule has 0 aliphatic carbocycles. The van der Waals surface area contributed by atoms with Crippen LogP contribution in [0.5, 0.6) is 0 Å². The summed E-state index contributed by atoms with van der Waals surface area (Å²) in [5, 5.41) is 0.405. The first-order chi connectivity index (χ1) is 10.0. The van der Waals surface area contributed by atoms with Crippen LogP contribution < -0.4 is 5.73 Å². The van der Waals surface area contributed by atoms with Crippen molar-refractivity contribution in [3.05, 3.63) is 47.1 Å². The number of H-pyrrole nitrogens is 1. The van der Waals surface area contributed by atoms with Crippen molar-refractivity contribution in [3.63, 3.8) is 0 Å². The fourth-order valence-corrected chi connectivity index (χ4v) is 5.34. The number of aromatic amines is 1. The molecule has 0 fully saturated rings. The largest absolute Gasteiger partial charge is 0.360 e. The van der Waals surface area contributed by atoms with Gasteiger partial charge in [-0.25, -0.2) is 8.42 Å². The molecule has 0 radical (unpaired) electrons. The summed E-state index contributed by atoms with van der Waals surface area (Å²) < 4.78 is 26.5. The molecule has 110 valence electrons. The molecule has 1 aromatic carbocycles. The smallest absolute Gasteiger partial charge is 0.216 e. The van der Waals surface area contributed by atoms with Gasteiger partial charge in [0.15, 0.2) is 0 Å². The maximum Gasteiger partial charge on any atom is 0.216 e. The third kappa shape index (κ3) is 2.60. The maximum absolute atomic E-state index is 12.6. The van der Waals surface area contributed by atoms with Gasteiger partial charge in [0.25, 0.3) is 0 Å². The summed E-state index contributed by atoms with van der Waals surface area (Å²) in [6.07, 6.45) is 2.60. The van der Waals surface area contributed by atoms with Crippen molar-refractivity contribution in [3.8, 4) is 0 Å². The Morgan fingerprint density at radius 2 is 2.10 bits per heavy atom. The fourth-order valence-electron chi connectivity index (χ4n) is 2.17. The van der Waals surface area contributed by atoms with Crippen LogP contribution in [0.4, 0.5) is 0 Å². The second-order valence-electron chi connectivity index (χ2n) is 4.62. The minimum atomic E-state index is -3.54. The third-order valence-electron chi connectivity index (χ3n) is 3.19. The molecule has 2 aromatic heterocycles. The van der Waals surface area contributed by atoms with E-state index in [4.69, 9.17) is 17.3 Å². The van der Waals surface area contributed by atoms with E-state index in [1.165, 1.54) is 17.4 Å². The van der Waals surface area contributed by atoms with Crippen molar-refractivity contribution in [1.29, 1.82) is 0 Å². The third-order valence-corrected chi connectivity index (χ3v) is 6.86. The first-order valence-corrected chi connectivity index (χ1v) is 9.00. The second kappa shape index (κ2) is 5.46. The van der Waals surface area contributed by atoms with Crippen LogP contribution in [0.1, 0.15) is 5.56 Å². The monoisotopic (exact) mass is 340 g/mol. The van der Waals surface area contributed by atoms with Crippen molar-refractivity contribution >= 4 is 43.0 Å². The first kappa shape index (κ1) is 14.6. The van der Waals surface area contributed by atoms with Gasteiger partial charge in [0.2, 0.25) is 9.84 Å². The zero-order valence-corrected chi connectivity index (χ0v) is 13.4. The van der Waals surface area contributed by atoms with Gasteiger partial charge in [-0.1, -0.05) is 17.7 Å². The number of nitrogens with one attached hydrogen (secondary N) is 1. The topological polar surface area (TPSA) is 76.0 Å². The van der Waals surface area contributed by atoms with Crippen LogP contribution in [0.3, 0.4) is 0 Å². The Bertz CT molecular complexity index is 897. The lowest BCUT2D eigenvalue weighted by Gasteiger charge is -2.01. The summed E-state index contributed by atoms with van der Waals surface area (Å²) in [5.41, 5.74) is 7.44. The lowest BCUT2D eigenvalue weighted by molar-refractivity contribution is 0.598. The summed E-state index contributed by atoms with van der Waals surface area (Å²) in [4.78, 5) is 3.30. The maximum atomic E-state index is 12.6. The van der Waals surface area contributed by atoms with Crippen LogP contribution in [0.2, 0.25) is 5.02 Å². The van der Waals surface area contributed by atoms with E-state index in [-0.39, 0.29) is 4.90 Å². The average molecular weight is 341 g/mol. The minimum absolute atomic E-state index is 0.208. The van der Waals surface area contributed by atoms with Gasteiger partial charge in [-0.15, -0.1) is 11.3 Å². The first-order valence-electron chi connectivity index (χ1n) is 6.33. The number of hydrogen-bond donors (Lipinski definition) is 2. The van der Waals surface area contributed by atoms with E-state index in [0.717, 1.165) is 22.2 Å². The molecule has 3 rings (SSSR count). The van der Waals surface area contributed by atoms with Crippen molar-refractivity contribution in [2.45, 2.75) is 15.5 Å². The van der Waals surface area contributed by atoms with E-state index < -0.39 is 9.84 Å². The van der Waals surface area contributed by atoms with Gasteiger partial charge in [-0.3, -0.25) is 0 Å². The Kier molecular flexibility index (Phi) is 3.79. The molecule has 0 aliphatic heterocycles. The lowest BCUT2D eigenvalue weighted by Crippen LogP contribution is -2.01. The summed E-state index contributed by atoms with van der Waals surface area (Å²) in [6.45, 7) is 0.529. The molecule has 0 atom stereocenters. The van der Waals surface area contributed by atoms with Crippen molar-refractivity contribution < 1.29 is 8.42 Å². The Balaban J connectivity index is 2.11. The SMILES string of the molecule is NCCc1c[nH]c2cc(S(=O)(=O)c3cccc(Cl)c3)sc12. The molecular weight excluding hydrogens is 328 g/mol. The van der Waals surface area contributed by atoms with Crippen molar-refractivity contribution in [1.82, 2.24) is 4.98 Å². The van der Waals surface area contributed by atoms with E-state index >= 15 is 0 Å². The van der Waals surface area contributed by atoms with Crippen LogP contribution in [-0.2, 0) is 16.3 Å². The number of fused-ring (bicyclic) bond motifs is 1. The van der Waals surface area contributed by atoms with Crippen LogP contribution in [-0.4, -0.2) is 19.9 Å². The minimum Gasteiger partial charge on any atom is -0.360 e. The fraction of sp³-hybridized carbons (Fsp3) is 0.143. The zero-order valence-electron chi connectivity index (χ0n) is 11.0. The van der Waals surface area contributed by atoms with E-state index in [1.807, 2.05) is 6.20 Å². The second-order valence-corrected chi connectivity index (χ2v) is 8.29. The van der Waals surface area contributed by atoms with Crippen molar-refractivity contribution in [2.75, 3.05) is 6.54 Å². The van der Waals surface area contributed by atoms with Gasteiger partial charge >= 0.3 is 0 Å². The average Bonchev–Trinajstić information content (AvgIpc) is 3.01. The molecule has 0 aliphatic rings. The Morgan fingerprint density at radius 3 is 2.81 bits per heavy atom. The highest BCUT2D eigenvalue weighted by Gasteiger charge is 2.22. The molecule has 21 heavy (non-hydrogen) atoms. The lowest BCUT2D eigenvalue weighted by atomic mass is 10.2. The molecule has 2 heterocycles. The number of aromatic nitrogens is 1. The van der Waals surface area contributed by atoms with E-state index in [9.17, 15) is 8.42 Å². The van der Waals surface area contributed by atoms with Gasteiger partial charge in [0.1, 0.15) is 4.21 Å². The Labute approximate surface area is 131 Å². The quantitative estimate of drug-likeness (QED) is 0.765. The highest BCUT2D eigenvalue weighted by molar-refractivity contribution is 7.93. The number of thiophene rings is 1. The van der Waals surface area contributed by atoms with E-state index in [2.05, 4.69) is 4.98 Å². The molecule has 0 saturated carbocycles. The molecule has 0 saturated heterocycles. The predicted octanol–water partition coefficient (Wildman–Crippen LogP) is 3.22. The molecule has 7 heteroatoms. The highest BCUT2D eigenvalue weighted by atomic mass is 35.5. The van der Waals surface area contributed by atoms with E-state index in [1.54, 1.807) is 24.3 Å². The molecule has 0 spiro atoms.